The summed E-state index contributed by atoms with van der Waals surface area (Å²) in [5.41, 5.74) is 3.65. The molecule has 2 aromatic heterocycles. The molecule has 196 valence electrons. The molecular formula is C27H25ClN4O4S2. The lowest BCUT2D eigenvalue weighted by molar-refractivity contribution is 0.416. The molecule has 38 heavy (non-hydrogen) atoms. The number of aromatic nitrogens is 1. The van der Waals surface area contributed by atoms with Crippen LogP contribution in [0, 0.1) is 6.92 Å². The van der Waals surface area contributed by atoms with Crippen LogP contribution in [0.5, 0.6) is 5.75 Å². The third-order valence-corrected chi connectivity index (χ3v) is 7.54. The zero-order chi connectivity index (χ0) is 27.0. The molecule has 1 fully saturated rings. The molecule has 0 radical (unpaired) electrons. The van der Waals surface area contributed by atoms with E-state index in [9.17, 15) is 8.42 Å². The molecule has 8 nitrogen and oxygen atoms in total. The van der Waals surface area contributed by atoms with E-state index in [1.807, 2.05) is 60.4 Å². The summed E-state index contributed by atoms with van der Waals surface area (Å²) in [5.74, 6) is 1.69. The van der Waals surface area contributed by atoms with Gasteiger partial charge in [0, 0.05) is 28.5 Å². The van der Waals surface area contributed by atoms with Gasteiger partial charge in [-0.1, -0.05) is 29.8 Å². The normalized spacial score (nSPS) is 17.4. The minimum atomic E-state index is -3.49. The molecule has 2 aromatic carbocycles. The first kappa shape index (κ1) is 26.0. The third-order valence-electron chi connectivity index (χ3n) is 6.23. The predicted octanol–water partition coefficient (Wildman–Crippen LogP) is 5.86. The number of methoxy groups -OCH3 is 1. The van der Waals surface area contributed by atoms with Gasteiger partial charge in [0.2, 0.25) is 10.0 Å². The number of hydrogen-bond donors (Lipinski definition) is 2. The van der Waals surface area contributed by atoms with E-state index in [1.54, 1.807) is 24.4 Å². The average Bonchev–Trinajstić information content (AvgIpc) is 3.50. The number of nitrogens with one attached hydrogen (secondary N) is 2. The Morgan fingerprint density at radius 1 is 1.13 bits per heavy atom. The molecule has 0 spiro atoms. The Morgan fingerprint density at radius 3 is 2.63 bits per heavy atom. The van der Waals surface area contributed by atoms with Gasteiger partial charge in [-0.25, -0.2) is 8.42 Å². The highest BCUT2D eigenvalue weighted by atomic mass is 35.5. The number of sulfonamides is 1. The summed E-state index contributed by atoms with van der Waals surface area (Å²) in [6.07, 6.45) is 2.82. The highest BCUT2D eigenvalue weighted by molar-refractivity contribution is 7.92. The first-order valence-corrected chi connectivity index (χ1v) is 14.3. The smallest absolute Gasteiger partial charge is 0.229 e. The zero-order valence-corrected chi connectivity index (χ0v) is 23.2. The maximum Gasteiger partial charge on any atom is 0.229 e. The summed E-state index contributed by atoms with van der Waals surface area (Å²) in [5, 5.41) is 4.51. The molecule has 11 heteroatoms. The number of furan rings is 1. The minimum Gasteiger partial charge on any atom is -0.494 e. The van der Waals surface area contributed by atoms with Crippen molar-refractivity contribution < 1.29 is 17.6 Å². The minimum absolute atomic E-state index is 0.316. The molecule has 2 N–H and O–H groups in total. The Hall–Kier alpha value is -3.60. The molecule has 0 saturated carbocycles. The van der Waals surface area contributed by atoms with Gasteiger partial charge >= 0.3 is 0 Å². The predicted molar refractivity (Wildman–Crippen MR) is 153 cm³/mol. The summed E-state index contributed by atoms with van der Waals surface area (Å²) < 4.78 is 38.0. The van der Waals surface area contributed by atoms with Crippen molar-refractivity contribution >= 4 is 50.3 Å². The Labute approximate surface area is 231 Å². The van der Waals surface area contributed by atoms with Gasteiger partial charge in [-0.3, -0.25) is 9.71 Å². The van der Waals surface area contributed by atoms with Crippen molar-refractivity contribution in [3.05, 3.63) is 95.0 Å². The highest BCUT2D eigenvalue weighted by Gasteiger charge is 2.42. The second-order valence-corrected chi connectivity index (χ2v) is 11.5. The Kier molecular flexibility index (Phi) is 7.04. The number of hydrogen-bond acceptors (Lipinski definition) is 6. The summed E-state index contributed by atoms with van der Waals surface area (Å²) in [7, 11) is -2.02. The summed E-state index contributed by atoms with van der Waals surface area (Å²) >= 11 is 12.1. The van der Waals surface area contributed by atoms with Crippen molar-refractivity contribution in [1.29, 1.82) is 0 Å². The van der Waals surface area contributed by atoms with E-state index in [-0.39, 0.29) is 6.04 Å². The number of halogens is 1. The number of rotatable bonds is 7. The number of benzene rings is 2. The van der Waals surface area contributed by atoms with Crippen LogP contribution in [0.1, 0.15) is 29.1 Å². The number of anilines is 2. The number of nitrogens with zero attached hydrogens (tertiary/aromatic N) is 2. The molecule has 2 atom stereocenters. The van der Waals surface area contributed by atoms with Crippen LogP contribution in [0.25, 0.3) is 11.3 Å². The fourth-order valence-electron chi connectivity index (χ4n) is 4.45. The SMILES string of the molecule is COc1cc(N2C(=S)N[C@H](c3ccccn3)[C@H]2c2ccc(-c3ccc(C)c(Cl)c3)o2)ccc1NS(C)(=O)=O. The second-order valence-electron chi connectivity index (χ2n) is 8.92. The van der Waals surface area contributed by atoms with E-state index in [0.717, 1.165) is 23.1 Å². The number of aryl methyl sites for hydroxylation is 1. The van der Waals surface area contributed by atoms with Crippen LogP contribution in [0.4, 0.5) is 11.4 Å². The van der Waals surface area contributed by atoms with Crippen LogP contribution in [0.3, 0.4) is 0 Å². The lowest BCUT2D eigenvalue weighted by Gasteiger charge is -2.27. The lowest BCUT2D eigenvalue weighted by Crippen LogP contribution is -2.29. The first-order chi connectivity index (χ1) is 18.1. The molecule has 5 rings (SSSR count). The Bertz CT molecular complexity index is 1610. The van der Waals surface area contributed by atoms with Gasteiger partial charge in [-0.15, -0.1) is 0 Å². The Balaban J connectivity index is 1.59. The average molecular weight is 569 g/mol. The van der Waals surface area contributed by atoms with Gasteiger partial charge in [0.1, 0.15) is 23.3 Å². The molecule has 1 saturated heterocycles. The lowest BCUT2D eigenvalue weighted by atomic mass is 10.0. The number of pyridine rings is 1. The fourth-order valence-corrected chi connectivity index (χ4v) is 5.54. The molecule has 0 aliphatic carbocycles. The van der Waals surface area contributed by atoms with E-state index in [1.165, 1.54) is 7.11 Å². The molecule has 3 heterocycles. The van der Waals surface area contributed by atoms with Crippen molar-refractivity contribution in [3.63, 3.8) is 0 Å². The van der Waals surface area contributed by atoms with Crippen LogP contribution >= 0.6 is 23.8 Å². The van der Waals surface area contributed by atoms with Gasteiger partial charge in [0.05, 0.1) is 30.8 Å². The van der Waals surface area contributed by atoms with Crippen LogP contribution < -0.4 is 19.7 Å². The van der Waals surface area contributed by atoms with E-state index >= 15 is 0 Å². The van der Waals surface area contributed by atoms with Crippen molar-refractivity contribution in [2.24, 2.45) is 0 Å². The van der Waals surface area contributed by atoms with Gasteiger partial charge in [-0.2, -0.15) is 0 Å². The standard InChI is InChI=1S/C27H25ClN4O4S2/c1-16-7-8-17(14-19(16)28)22-11-12-23(36-22)26-25(21-6-4-5-13-29-21)30-27(37)32(26)18-9-10-20(24(15-18)35-2)31-38(3,33)34/h4-15,25-26,31H,1-3H3,(H,30,37)/t25-,26-/m1/s1. The number of thiocarbonyl (C=S) groups is 1. The van der Waals surface area contributed by atoms with Crippen LogP contribution in [-0.2, 0) is 10.0 Å². The topological polar surface area (TPSA) is 96.7 Å². The van der Waals surface area contributed by atoms with Crippen molar-refractivity contribution in [2.75, 3.05) is 23.0 Å². The maximum absolute atomic E-state index is 11.8. The summed E-state index contributed by atoms with van der Waals surface area (Å²) in [6, 6.07) is 19.8. The van der Waals surface area contributed by atoms with E-state index in [0.29, 0.717) is 38.8 Å². The van der Waals surface area contributed by atoms with E-state index in [2.05, 4.69) is 15.0 Å². The molecule has 0 bridgehead atoms. The number of ether oxygens (including phenoxy) is 1. The van der Waals surface area contributed by atoms with Crippen LogP contribution in [-0.4, -0.2) is 31.9 Å². The van der Waals surface area contributed by atoms with E-state index < -0.39 is 16.1 Å². The molecule has 0 unspecified atom stereocenters. The molecular weight excluding hydrogens is 544 g/mol. The quantitative estimate of drug-likeness (QED) is 0.268. The third kappa shape index (κ3) is 5.20. The first-order valence-electron chi connectivity index (χ1n) is 11.7. The van der Waals surface area contributed by atoms with Gasteiger partial charge in [-0.05, 0) is 67.2 Å². The highest BCUT2D eigenvalue weighted by Crippen LogP contribution is 2.44. The zero-order valence-electron chi connectivity index (χ0n) is 20.8. The molecule has 4 aromatic rings. The molecule has 1 aliphatic heterocycles. The summed E-state index contributed by atoms with van der Waals surface area (Å²) in [6.45, 7) is 1.95. The maximum atomic E-state index is 11.8. The van der Waals surface area contributed by atoms with Crippen LogP contribution in [0.15, 0.2) is 77.3 Å². The van der Waals surface area contributed by atoms with Gasteiger partial charge in [0.15, 0.2) is 5.11 Å². The summed E-state index contributed by atoms with van der Waals surface area (Å²) in [4.78, 5) is 6.49. The fraction of sp³-hybridized carbons (Fsp3) is 0.185. The monoisotopic (exact) mass is 568 g/mol. The Morgan fingerprint density at radius 2 is 1.95 bits per heavy atom. The van der Waals surface area contributed by atoms with Crippen molar-refractivity contribution in [2.45, 2.75) is 19.0 Å². The van der Waals surface area contributed by atoms with Crippen molar-refractivity contribution in [3.8, 4) is 17.1 Å². The van der Waals surface area contributed by atoms with Gasteiger partial charge in [0.25, 0.3) is 0 Å². The van der Waals surface area contributed by atoms with E-state index in [4.69, 9.17) is 33.0 Å². The second kappa shape index (κ2) is 10.3. The molecule has 0 amide bonds. The van der Waals surface area contributed by atoms with Crippen molar-refractivity contribution in [1.82, 2.24) is 10.3 Å². The largest absolute Gasteiger partial charge is 0.494 e. The molecule has 1 aliphatic rings. The van der Waals surface area contributed by atoms with Crippen LogP contribution in [0.2, 0.25) is 5.02 Å². The van der Waals surface area contributed by atoms with Gasteiger partial charge < -0.3 is 19.4 Å².